The minimum atomic E-state index is -0.555. The molecule has 0 aliphatic carbocycles. The molecule has 0 aromatic rings. The number of piperidine rings is 1. The van der Waals surface area contributed by atoms with Gasteiger partial charge in [-0.05, 0) is 45.9 Å². The summed E-state index contributed by atoms with van der Waals surface area (Å²) in [5, 5.41) is 2.93. The third kappa shape index (κ3) is 9.82. The SMILES string of the molecule is COCC(N)C(=O)NCC1CCN(CCN(C)C)CC1.Cl.Cl. The lowest BCUT2D eigenvalue weighted by molar-refractivity contribution is -0.123. The first-order valence-electron chi connectivity index (χ1n) is 7.42. The van der Waals surface area contributed by atoms with Crippen molar-refractivity contribution in [1.29, 1.82) is 0 Å². The van der Waals surface area contributed by atoms with Crippen LogP contribution in [0, 0.1) is 5.92 Å². The highest BCUT2D eigenvalue weighted by Gasteiger charge is 2.20. The third-order valence-corrected chi connectivity index (χ3v) is 3.82. The number of carbonyl (C=O) groups excluding carboxylic acids is 1. The number of hydrogen-bond donors (Lipinski definition) is 2. The van der Waals surface area contributed by atoms with Gasteiger partial charge in [0.25, 0.3) is 0 Å². The van der Waals surface area contributed by atoms with E-state index in [1.165, 1.54) is 0 Å². The maximum Gasteiger partial charge on any atom is 0.239 e. The van der Waals surface area contributed by atoms with Crippen molar-refractivity contribution in [2.45, 2.75) is 18.9 Å². The summed E-state index contributed by atoms with van der Waals surface area (Å²) in [6.07, 6.45) is 2.29. The lowest BCUT2D eigenvalue weighted by atomic mass is 9.96. The molecule has 0 bridgehead atoms. The summed E-state index contributed by atoms with van der Waals surface area (Å²) in [5.74, 6) is 0.464. The van der Waals surface area contributed by atoms with Crippen molar-refractivity contribution in [2.24, 2.45) is 11.7 Å². The van der Waals surface area contributed by atoms with Gasteiger partial charge >= 0.3 is 0 Å². The summed E-state index contributed by atoms with van der Waals surface area (Å²) in [7, 11) is 5.76. The summed E-state index contributed by atoms with van der Waals surface area (Å²) < 4.78 is 4.88. The maximum atomic E-state index is 11.7. The molecule has 0 spiro atoms. The number of halogens is 2. The Morgan fingerprint density at radius 1 is 1.36 bits per heavy atom. The summed E-state index contributed by atoms with van der Waals surface area (Å²) in [5.41, 5.74) is 5.68. The van der Waals surface area contributed by atoms with E-state index in [4.69, 9.17) is 10.5 Å². The van der Waals surface area contributed by atoms with Gasteiger partial charge in [0.15, 0.2) is 0 Å². The van der Waals surface area contributed by atoms with Crippen LogP contribution in [0.3, 0.4) is 0 Å². The third-order valence-electron chi connectivity index (χ3n) is 3.82. The highest BCUT2D eigenvalue weighted by Crippen LogP contribution is 2.16. The lowest BCUT2D eigenvalue weighted by Gasteiger charge is -2.32. The molecule has 1 unspecified atom stereocenters. The Kier molecular flexibility index (Phi) is 14.6. The summed E-state index contributed by atoms with van der Waals surface area (Å²) in [6.45, 7) is 5.49. The Labute approximate surface area is 146 Å². The average Bonchev–Trinajstić information content (AvgIpc) is 2.43. The molecule has 6 nitrogen and oxygen atoms in total. The fraction of sp³-hybridized carbons (Fsp3) is 0.929. The molecular formula is C14H32Cl2N4O2. The Balaban J connectivity index is 0. The predicted molar refractivity (Wildman–Crippen MR) is 95.1 cm³/mol. The second-order valence-corrected chi connectivity index (χ2v) is 5.90. The molecule has 1 fully saturated rings. The molecule has 8 heteroatoms. The van der Waals surface area contributed by atoms with E-state index < -0.39 is 6.04 Å². The van der Waals surface area contributed by atoms with Crippen LogP contribution in [0.5, 0.6) is 0 Å². The number of nitrogens with zero attached hydrogens (tertiary/aromatic N) is 2. The predicted octanol–water partition coefficient (Wildman–Crippen LogP) is 0.194. The van der Waals surface area contributed by atoms with E-state index in [9.17, 15) is 4.79 Å². The highest BCUT2D eigenvalue weighted by molar-refractivity contribution is 5.85. The first-order chi connectivity index (χ1) is 9.52. The van der Waals surface area contributed by atoms with Gasteiger partial charge in [-0.25, -0.2) is 0 Å². The van der Waals surface area contributed by atoms with Gasteiger partial charge in [0.2, 0.25) is 5.91 Å². The molecule has 1 amide bonds. The monoisotopic (exact) mass is 358 g/mol. The van der Waals surface area contributed by atoms with Gasteiger partial charge in [0, 0.05) is 26.7 Å². The van der Waals surface area contributed by atoms with Crippen molar-refractivity contribution < 1.29 is 9.53 Å². The fourth-order valence-corrected chi connectivity index (χ4v) is 2.39. The number of hydrogen-bond acceptors (Lipinski definition) is 5. The zero-order chi connectivity index (χ0) is 15.0. The topological polar surface area (TPSA) is 70.8 Å². The summed E-state index contributed by atoms with van der Waals surface area (Å²) >= 11 is 0. The number of amides is 1. The van der Waals surface area contributed by atoms with Gasteiger partial charge < -0.3 is 25.6 Å². The van der Waals surface area contributed by atoms with E-state index in [2.05, 4.69) is 29.2 Å². The standard InChI is InChI=1S/C14H30N4O2.2ClH/c1-17(2)8-9-18-6-4-12(5-7-18)10-16-14(19)13(15)11-20-3;;/h12-13H,4-11,15H2,1-3H3,(H,16,19);2*1H. The van der Waals surface area contributed by atoms with E-state index in [1.54, 1.807) is 7.11 Å². The van der Waals surface area contributed by atoms with Crippen molar-refractivity contribution in [3.63, 3.8) is 0 Å². The second kappa shape index (κ2) is 13.3. The van der Waals surface area contributed by atoms with E-state index in [-0.39, 0.29) is 37.3 Å². The van der Waals surface area contributed by atoms with Crippen LogP contribution < -0.4 is 11.1 Å². The van der Waals surface area contributed by atoms with Gasteiger partial charge in [-0.3, -0.25) is 4.79 Å². The summed E-state index contributed by atoms with van der Waals surface area (Å²) in [6, 6.07) is -0.555. The average molecular weight is 359 g/mol. The van der Waals surface area contributed by atoms with Crippen LogP contribution in [0.2, 0.25) is 0 Å². The van der Waals surface area contributed by atoms with Gasteiger partial charge in [0.05, 0.1) is 6.61 Å². The molecule has 22 heavy (non-hydrogen) atoms. The first kappa shape index (κ1) is 24.1. The number of rotatable bonds is 8. The molecule has 134 valence electrons. The number of carbonyl (C=O) groups is 1. The minimum Gasteiger partial charge on any atom is -0.383 e. The Morgan fingerprint density at radius 2 is 1.95 bits per heavy atom. The normalized spacial score (nSPS) is 17.5. The molecule has 1 saturated heterocycles. The molecular weight excluding hydrogens is 327 g/mol. The number of methoxy groups -OCH3 is 1. The molecule has 0 saturated carbocycles. The largest absolute Gasteiger partial charge is 0.383 e. The van der Waals surface area contributed by atoms with Crippen molar-refractivity contribution in [3.05, 3.63) is 0 Å². The van der Waals surface area contributed by atoms with Crippen molar-refractivity contribution in [2.75, 3.05) is 60.5 Å². The van der Waals surface area contributed by atoms with Crippen LogP contribution in [0.15, 0.2) is 0 Å². The van der Waals surface area contributed by atoms with Crippen LogP contribution in [-0.4, -0.2) is 82.3 Å². The van der Waals surface area contributed by atoms with Crippen LogP contribution in [0.1, 0.15) is 12.8 Å². The molecule has 3 N–H and O–H groups in total. The molecule has 1 aliphatic heterocycles. The van der Waals surface area contributed by atoms with Gasteiger partial charge in [-0.1, -0.05) is 0 Å². The van der Waals surface area contributed by atoms with Crippen molar-refractivity contribution in [1.82, 2.24) is 15.1 Å². The van der Waals surface area contributed by atoms with Gasteiger partial charge in [-0.15, -0.1) is 24.8 Å². The number of likely N-dealkylation sites (N-methyl/N-ethyl adjacent to an activating group) is 1. The molecule has 0 aromatic heterocycles. The Bertz CT molecular complexity index is 288. The molecule has 1 aliphatic rings. The molecule has 1 rings (SSSR count). The quantitative estimate of drug-likeness (QED) is 0.648. The van der Waals surface area contributed by atoms with Gasteiger partial charge in [0.1, 0.15) is 6.04 Å². The Hall–Kier alpha value is -0.110. The lowest BCUT2D eigenvalue weighted by Crippen LogP contribution is -2.46. The zero-order valence-electron chi connectivity index (χ0n) is 13.9. The van der Waals surface area contributed by atoms with Gasteiger partial charge in [-0.2, -0.15) is 0 Å². The second-order valence-electron chi connectivity index (χ2n) is 5.90. The molecule has 0 aromatic carbocycles. The Morgan fingerprint density at radius 3 is 2.45 bits per heavy atom. The van der Waals surface area contributed by atoms with Crippen LogP contribution in [0.4, 0.5) is 0 Å². The molecule has 1 heterocycles. The van der Waals surface area contributed by atoms with E-state index in [0.29, 0.717) is 5.92 Å². The van der Waals surface area contributed by atoms with Crippen LogP contribution in [0.25, 0.3) is 0 Å². The molecule has 1 atom stereocenters. The number of ether oxygens (including phenoxy) is 1. The maximum absolute atomic E-state index is 11.7. The smallest absolute Gasteiger partial charge is 0.239 e. The van der Waals surface area contributed by atoms with Crippen LogP contribution >= 0.6 is 24.8 Å². The van der Waals surface area contributed by atoms with E-state index in [1.807, 2.05) is 0 Å². The van der Waals surface area contributed by atoms with E-state index >= 15 is 0 Å². The van der Waals surface area contributed by atoms with Crippen molar-refractivity contribution in [3.8, 4) is 0 Å². The summed E-state index contributed by atoms with van der Waals surface area (Å²) in [4.78, 5) is 16.4. The fourth-order valence-electron chi connectivity index (χ4n) is 2.39. The molecule has 0 radical (unpaired) electrons. The van der Waals surface area contributed by atoms with Crippen molar-refractivity contribution >= 4 is 30.7 Å². The van der Waals surface area contributed by atoms with Crippen LogP contribution in [-0.2, 0) is 9.53 Å². The minimum absolute atomic E-state index is 0. The number of nitrogens with one attached hydrogen (secondary N) is 1. The number of nitrogens with two attached hydrogens (primary N) is 1. The zero-order valence-corrected chi connectivity index (χ0v) is 15.5. The van der Waals surface area contributed by atoms with E-state index in [0.717, 1.165) is 45.6 Å². The number of likely N-dealkylation sites (tertiary alicyclic amines) is 1. The first-order valence-corrected chi connectivity index (χ1v) is 7.42. The highest BCUT2D eigenvalue weighted by atomic mass is 35.5.